The van der Waals surface area contributed by atoms with Crippen molar-refractivity contribution < 1.29 is 4.79 Å². The predicted octanol–water partition coefficient (Wildman–Crippen LogP) is 5.42. The number of carbonyl (C=O) groups excluding carboxylic acids is 1. The molecule has 1 aliphatic heterocycles. The summed E-state index contributed by atoms with van der Waals surface area (Å²) in [6.45, 7) is 2.17. The van der Waals surface area contributed by atoms with Gasteiger partial charge < -0.3 is 10.2 Å². The first-order valence-corrected chi connectivity index (χ1v) is 12.5. The Kier molecular flexibility index (Phi) is 6.24. The first-order valence-electron chi connectivity index (χ1n) is 12.5. The minimum atomic E-state index is -0.00348. The summed E-state index contributed by atoms with van der Waals surface area (Å²) < 4.78 is 0. The molecule has 1 amide bonds. The topological polar surface area (TPSA) is 61.0 Å². The van der Waals surface area contributed by atoms with Crippen molar-refractivity contribution in [3.05, 3.63) is 126 Å². The Morgan fingerprint density at radius 3 is 2.46 bits per heavy atom. The van der Waals surface area contributed by atoms with Crippen molar-refractivity contribution >= 4 is 16.8 Å². The van der Waals surface area contributed by atoms with E-state index in [9.17, 15) is 4.79 Å². The highest BCUT2D eigenvalue weighted by Crippen LogP contribution is 2.26. The van der Waals surface area contributed by atoms with E-state index < -0.39 is 0 Å². The molecule has 2 N–H and O–H groups in total. The first kappa shape index (κ1) is 22.8. The largest absolute Gasteiger partial charge is 0.329 e. The molecule has 0 saturated carbocycles. The molecule has 5 aromatic rings. The number of hydrogen-bond acceptors (Lipinski definition) is 3. The summed E-state index contributed by atoms with van der Waals surface area (Å²) in [7, 11) is 0. The molecule has 0 unspecified atom stereocenters. The van der Waals surface area contributed by atoms with Gasteiger partial charge >= 0.3 is 0 Å². The van der Waals surface area contributed by atoms with Gasteiger partial charge in [0, 0.05) is 36.1 Å². The normalized spacial score (nSPS) is 15.2. The van der Waals surface area contributed by atoms with Crippen molar-refractivity contribution in [1.82, 2.24) is 20.4 Å². The van der Waals surface area contributed by atoms with Gasteiger partial charge in [-0.15, -0.1) is 0 Å². The lowest BCUT2D eigenvalue weighted by atomic mass is 10.00. The molecule has 1 aromatic heterocycles. The second-order valence-corrected chi connectivity index (χ2v) is 9.12. The van der Waals surface area contributed by atoms with Crippen molar-refractivity contribution in [2.24, 2.45) is 0 Å². The molecule has 37 heavy (non-hydrogen) atoms. The maximum Gasteiger partial charge on any atom is 0.254 e. The van der Waals surface area contributed by atoms with E-state index in [1.807, 2.05) is 77.7 Å². The fourth-order valence-electron chi connectivity index (χ4n) is 4.92. The van der Waals surface area contributed by atoms with Gasteiger partial charge in [0.25, 0.3) is 5.91 Å². The Labute approximate surface area is 216 Å². The fraction of sp³-hybridized carbons (Fsp3) is 0.125. The second kappa shape index (κ2) is 10.1. The van der Waals surface area contributed by atoms with Crippen LogP contribution in [0.25, 0.3) is 22.0 Å². The third kappa shape index (κ3) is 4.63. The Balaban J connectivity index is 1.33. The van der Waals surface area contributed by atoms with Gasteiger partial charge in [0.05, 0.1) is 11.6 Å². The second-order valence-electron chi connectivity index (χ2n) is 9.12. The van der Waals surface area contributed by atoms with Crippen LogP contribution in [0.4, 0.5) is 0 Å². The maximum absolute atomic E-state index is 13.7. The van der Waals surface area contributed by atoms with Crippen LogP contribution in [0.1, 0.15) is 33.2 Å². The molecular weight excluding hydrogens is 456 g/mol. The summed E-state index contributed by atoms with van der Waals surface area (Å²) in [5, 5.41) is 11.8. The Bertz CT molecular complexity index is 1610. The Hall–Kier alpha value is -4.66. The molecule has 4 aromatic carbocycles. The SMILES string of the molecule is O=C(c1ccc2[nH]nc(C#Cc3ccccc3-c3ccccc3)c2c1)N1CCNC[C@@H]1c1ccccc1. The summed E-state index contributed by atoms with van der Waals surface area (Å²) in [6.07, 6.45) is 0. The number of carbonyl (C=O) groups is 1. The smallest absolute Gasteiger partial charge is 0.254 e. The number of piperazine rings is 1. The van der Waals surface area contributed by atoms with E-state index in [1.54, 1.807) is 0 Å². The predicted molar refractivity (Wildman–Crippen MR) is 147 cm³/mol. The number of aromatic amines is 1. The summed E-state index contributed by atoms with van der Waals surface area (Å²) >= 11 is 0. The van der Waals surface area contributed by atoms with E-state index in [0.29, 0.717) is 17.8 Å². The molecule has 1 aliphatic rings. The lowest BCUT2D eigenvalue weighted by Crippen LogP contribution is -2.48. The van der Waals surface area contributed by atoms with Gasteiger partial charge in [0.2, 0.25) is 0 Å². The summed E-state index contributed by atoms with van der Waals surface area (Å²) in [4.78, 5) is 15.6. The molecule has 5 nitrogen and oxygen atoms in total. The maximum atomic E-state index is 13.7. The number of nitrogens with one attached hydrogen (secondary N) is 2. The van der Waals surface area contributed by atoms with Crippen LogP contribution in [0.5, 0.6) is 0 Å². The highest BCUT2D eigenvalue weighted by atomic mass is 16.2. The van der Waals surface area contributed by atoms with E-state index in [1.165, 1.54) is 0 Å². The molecule has 2 heterocycles. The number of rotatable bonds is 3. The molecule has 6 rings (SSSR count). The number of benzene rings is 4. The average Bonchev–Trinajstić information content (AvgIpc) is 3.39. The summed E-state index contributed by atoms with van der Waals surface area (Å²) in [5.74, 6) is 6.58. The number of aromatic nitrogens is 2. The van der Waals surface area contributed by atoms with Crippen LogP contribution in [0, 0.1) is 11.8 Å². The summed E-state index contributed by atoms with van der Waals surface area (Å²) in [5.41, 5.74) is 6.40. The third-order valence-electron chi connectivity index (χ3n) is 6.83. The highest BCUT2D eigenvalue weighted by molar-refractivity contribution is 5.99. The van der Waals surface area contributed by atoms with Crippen molar-refractivity contribution in [3.63, 3.8) is 0 Å². The lowest BCUT2D eigenvalue weighted by molar-refractivity contribution is 0.0634. The molecule has 180 valence electrons. The molecule has 1 atom stereocenters. The van der Waals surface area contributed by atoms with E-state index in [4.69, 9.17) is 0 Å². The van der Waals surface area contributed by atoms with Gasteiger partial charge in [-0.3, -0.25) is 9.89 Å². The number of H-pyrrole nitrogens is 1. The molecular formula is C32H26N4O. The average molecular weight is 483 g/mol. The van der Waals surface area contributed by atoms with Crippen LogP contribution < -0.4 is 5.32 Å². The third-order valence-corrected chi connectivity index (χ3v) is 6.83. The van der Waals surface area contributed by atoms with Crippen LogP contribution >= 0.6 is 0 Å². The van der Waals surface area contributed by atoms with E-state index in [-0.39, 0.29) is 11.9 Å². The fourth-order valence-corrected chi connectivity index (χ4v) is 4.92. The molecule has 0 aliphatic carbocycles. The van der Waals surface area contributed by atoms with E-state index in [2.05, 4.69) is 57.7 Å². The van der Waals surface area contributed by atoms with Crippen LogP contribution in [0.15, 0.2) is 103 Å². The number of nitrogens with zero attached hydrogens (tertiary/aromatic N) is 2. The van der Waals surface area contributed by atoms with Crippen LogP contribution in [0.2, 0.25) is 0 Å². The first-order chi connectivity index (χ1) is 18.3. The van der Waals surface area contributed by atoms with Crippen LogP contribution in [-0.4, -0.2) is 40.6 Å². The number of hydrogen-bond donors (Lipinski definition) is 2. The van der Waals surface area contributed by atoms with Gasteiger partial charge in [-0.2, -0.15) is 5.10 Å². The number of fused-ring (bicyclic) bond motifs is 1. The van der Waals surface area contributed by atoms with Crippen molar-refractivity contribution in [2.75, 3.05) is 19.6 Å². The van der Waals surface area contributed by atoms with Crippen molar-refractivity contribution in [2.45, 2.75) is 6.04 Å². The van der Waals surface area contributed by atoms with Crippen molar-refractivity contribution in [1.29, 1.82) is 0 Å². The Morgan fingerprint density at radius 1 is 0.865 bits per heavy atom. The molecule has 5 heteroatoms. The van der Waals surface area contributed by atoms with Crippen LogP contribution in [-0.2, 0) is 0 Å². The minimum Gasteiger partial charge on any atom is -0.329 e. The number of amides is 1. The summed E-state index contributed by atoms with van der Waals surface area (Å²) in [6, 6.07) is 34.2. The Morgan fingerprint density at radius 2 is 1.62 bits per heavy atom. The van der Waals surface area contributed by atoms with Gasteiger partial charge in [0.15, 0.2) is 0 Å². The van der Waals surface area contributed by atoms with E-state index in [0.717, 1.165) is 46.2 Å². The molecule has 0 spiro atoms. The molecule has 0 radical (unpaired) electrons. The standard InChI is InChI=1S/C32H26N4O/c37-32(36-20-19-33-22-31(36)25-12-5-2-6-13-25)26-16-18-30-28(21-26)29(34-35-30)17-15-24-11-7-8-14-27(24)23-9-3-1-4-10-23/h1-14,16,18,21,31,33H,19-20,22H2,(H,34,35)/t31-/m1/s1. The lowest BCUT2D eigenvalue weighted by Gasteiger charge is -2.36. The van der Waals surface area contributed by atoms with E-state index >= 15 is 0 Å². The minimum absolute atomic E-state index is 0.00348. The monoisotopic (exact) mass is 482 g/mol. The van der Waals surface area contributed by atoms with Gasteiger partial charge in [-0.05, 0) is 46.9 Å². The zero-order valence-corrected chi connectivity index (χ0v) is 20.3. The highest BCUT2D eigenvalue weighted by Gasteiger charge is 2.28. The quantitative estimate of drug-likeness (QED) is 0.338. The van der Waals surface area contributed by atoms with Crippen LogP contribution in [0.3, 0.4) is 0 Å². The zero-order chi connectivity index (χ0) is 25.0. The molecule has 1 fully saturated rings. The van der Waals surface area contributed by atoms with Gasteiger partial charge in [-0.25, -0.2) is 0 Å². The zero-order valence-electron chi connectivity index (χ0n) is 20.3. The van der Waals surface area contributed by atoms with Crippen molar-refractivity contribution in [3.8, 4) is 23.0 Å². The molecule has 1 saturated heterocycles. The van der Waals surface area contributed by atoms with Gasteiger partial charge in [0.1, 0.15) is 5.69 Å². The molecule has 0 bridgehead atoms. The van der Waals surface area contributed by atoms with Gasteiger partial charge in [-0.1, -0.05) is 84.8 Å².